The molecule has 0 spiro atoms. The van der Waals surface area contributed by atoms with Crippen LogP contribution in [0.15, 0.2) is 0 Å². The molecule has 0 rings (SSSR count). The van der Waals surface area contributed by atoms with Gasteiger partial charge in [0.1, 0.15) is 0 Å². The summed E-state index contributed by atoms with van der Waals surface area (Å²) < 4.78 is 0. The Morgan fingerprint density at radius 1 is 1.40 bits per heavy atom. The molecule has 0 aliphatic carbocycles. The van der Waals surface area contributed by atoms with Crippen LogP contribution in [-0.2, 0) is 0 Å². The molecule has 62 valence electrons. The molecule has 1 N–H and O–H groups in total. The van der Waals surface area contributed by atoms with E-state index in [0.717, 1.165) is 5.92 Å². The van der Waals surface area contributed by atoms with E-state index < -0.39 is 0 Å². The largest absolute Gasteiger partial charge is 0.342 e. The number of hydrogen-bond acceptors (Lipinski definition) is 1. The monoisotopic (exact) mass is 159 g/mol. The molecule has 0 radical (unpaired) electrons. The van der Waals surface area contributed by atoms with E-state index in [2.05, 4.69) is 25.8 Å². The van der Waals surface area contributed by atoms with Gasteiger partial charge in [-0.1, -0.05) is 33.6 Å². The highest BCUT2D eigenvalue weighted by molar-refractivity contribution is 6.32. The molecule has 0 aromatic carbocycles. The Hall–Kier alpha value is 0.177. The zero-order valence-electron chi connectivity index (χ0n) is 7.61. The van der Waals surface area contributed by atoms with E-state index in [-0.39, 0.29) is 9.68 Å². The highest BCUT2D eigenvalue weighted by Crippen LogP contribution is 1.92. The van der Waals surface area contributed by atoms with Crippen LogP contribution in [-0.4, -0.2) is 16.2 Å². The van der Waals surface area contributed by atoms with Gasteiger partial charge in [-0.05, 0) is 18.5 Å². The van der Waals surface area contributed by atoms with Crippen LogP contribution in [0.3, 0.4) is 0 Å². The minimum atomic E-state index is 0.108. The second kappa shape index (κ2) is 7.29. The van der Waals surface area contributed by atoms with Crippen LogP contribution in [0.5, 0.6) is 0 Å². The maximum atomic E-state index is 3.56. The van der Waals surface area contributed by atoms with E-state index in [1.54, 1.807) is 0 Å². The summed E-state index contributed by atoms with van der Waals surface area (Å²) in [7, 11) is 0.108. The van der Waals surface area contributed by atoms with Gasteiger partial charge in [-0.3, -0.25) is 0 Å². The maximum Gasteiger partial charge on any atom is 0.0916 e. The number of unbranched alkanes of at least 4 members (excludes halogenated alkanes) is 1. The van der Waals surface area contributed by atoms with E-state index in [0.29, 0.717) is 0 Å². The average Bonchev–Trinajstić information content (AvgIpc) is 1.87. The van der Waals surface area contributed by atoms with Gasteiger partial charge < -0.3 is 4.98 Å². The molecule has 2 heteroatoms. The van der Waals surface area contributed by atoms with E-state index in [4.69, 9.17) is 0 Å². The third-order valence-electron chi connectivity index (χ3n) is 1.51. The van der Waals surface area contributed by atoms with Gasteiger partial charge in [-0.25, -0.2) is 0 Å². The predicted molar refractivity (Wildman–Crippen MR) is 51.1 cm³/mol. The molecule has 0 atom stereocenters. The average molecular weight is 159 g/mol. The van der Waals surface area contributed by atoms with Gasteiger partial charge in [0.15, 0.2) is 0 Å². The van der Waals surface area contributed by atoms with Crippen LogP contribution >= 0.6 is 0 Å². The standard InChI is InChI=1S/C8H21NSi/c1-4-5-6-10-9-7-8(2)3/h8-9H,4-7,10H2,1-3H3. The zero-order chi connectivity index (χ0) is 7.82. The summed E-state index contributed by atoms with van der Waals surface area (Å²) in [6.07, 6.45) is 2.79. The molecular weight excluding hydrogens is 138 g/mol. The van der Waals surface area contributed by atoms with Crippen molar-refractivity contribution in [1.29, 1.82) is 0 Å². The summed E-state index contributed by atoms with van der Waals surface area (Å²) in [6, 6.07) is 1.48. The van der Waals surface area contributed by atoms with Crippen molar-refractivity contribution in [3.63, 3.8) is 0 Å². The van der Waals surface area contributed by atoms with Gasteiger partial charge in [0.05, 0.1) is 9.68 Å². The first-order chi connectivity index (χ1) is 4.77. The molecule has 0 aromatic rings. The van der Waals surface area contributed by atoms with E-state index >= 15 is 0 Å². The molecule has 0 unspecified atom stereocenters. The quantitative estimate of drug-likeness (QED) is 0.458. The summed E-state index contributed by atoms with van der Waals surface area (Å²) in [6.45, 7) is 8.02. The molecule has 0 fully saturated rings. The lowest BCUT2D eigenvalue weighted by atomic mass is 10.2. The first kappa shape index (κ1) is 10.2. The molecular formula is C8H21NSi. The van der Waals surface area contributed by atoms with Crippen LogP contribution in [0.4, 0.5) is 0 Å². The number of rotatable bonds is 6. The fraction of sp³-hybridized carbons (Fsp3) is 1.00. The van der Waals surface area contributed by atoms with Crippen molar-refractivity contribution in [2.45, 2.75) is 39.7 Å². The fourth-order valence-corrected chi connectivity index (χ4v) is 2.67. The van der Waals surface area contributed by atoms with Crippen LogP contribution < -0.4 is 4.98 Å². The predicted octanol–water partition coefficient (Wildman–Crippen LogP) is 1.53. The van der Waals surface area contributed by atoms with Gasteiger partial charge in [-0.2, -0.15) is 0 Å². The SMILES string of the molecule is CCCC[SiH2]NCC(C)C. The van der Waals surface area contributed by atoms with E-state index in [9.17, 15) is 0 Å². The molecule has 0 aromatic heterocycles. The third-order valence-corrected chi connectivity index (χ3v) is 3.01. The zero-order valence-corrected chi connectivity index (χ0v) is 9.03. The van der Waals surface area contributed by atoms with Gasteiger partial charge in [0.2, 0.25) is 0 Å². The van der Waals surface area contributed by atoms with Crippen molar-refractivity contribution in [1.82, 2.24) is 4.98 Å². The second-order valence-electron chi connectivity index (χ2n) is 3.31. The van der Waals surface area contributed by atoms with Crippen LogP contribution in [0, 0.1) is 5.92 Å². The Morgan fingerprint density at radius 2 is 2.10 bits per heavy atom. The Balaban J connectivity index is 2.77. The number of nitrogens with one attached hydrogen (secondary N) is 1. The van der Waals surface area contributed by atoms with Gasteiger partial charge >= 0.3 is 0 Å². The van der Waals surface area contributed by atoms with Crippen molar-refractivity contribution in [3.05, 3.63) is 0 Å². The minimum Gasteiger partial charge on any atom is -0.342 e. The van der Waals surface area contributed by atoms with Crippen molar-refractivity contribution in [2.75, 3.05) is 6.54 Å². The first-order valence-corrected chi connectivity index (χ1v) is 6.18. The fourth-order valence-electron chi connectivity index (χ4n) is 0.891. The van der Waals surface area contributed by atoms with Crippen molar-refractivity contribution in [2.24, 2.45) is 5.92 Å². The normalized spacial score (nSPS) is 12.0. The van der Waals surface area contributed by atoms with Gasteiger partial charge in [-0.15, -0.1) is 0 Å². The van der Waals surface area contributed by atoms with Crippen LogP contribution in [0.25, 0.3) is 0 Å². The van der Waals surface area contributed by atoms with Gasteiger partial charge in [0, 0.05) is 0 Å². The van der Waals surface area contributed by atoms with E-state index in [1.165, 1.54) is 25.4 Å². The second-order valence-corrected chi connectivity index (χ2v) is 5.01. The molecule has 0 heterocycles. The molecule has 0 aliphatic heterocycles. The van der Waals surface area contributed by atoms with Gasteiger partial charge in [0.25, 0.3) is 0 Å². The summed E-state index contributed by atoms with van der Waals surface area (Å²) in [5, 5.41) is 0. The van der Waals surface area contributed by atoms with Crippen LogP contribution in [0.1, 0.15) is 33.6 Å². The van der Waals surface area contributed by atoms with Crippen molar-refractivity contribution < 1.29 is 0 Å². The highest BCUT2D eigenvalue weighted by Gasteiger charge is 1.91. The number of hydrogen-bond donors (Lipinski definition) is 1. The Morgan fingerprint density at radius 3 is 2.60 bits per heavy atom. The molecule has 1 nitrogen and oxygen atoms in total. The Kier molecular flexibility index (Phi) is 7.41. The lowest BCUT2D eigenvalue weighted by Crippen LogP contribution is -2.23. The smallest absolute Gasteiger partial charge is 0.0916 e. The lowest BCUT2D eigenvalue weighted by molar-refractivity contribution is 0.631. The summed E-state index contributed by atoms with van der Waals surface area (Å²) in [4.78, 5) is 3.56. The van der Waals surface area contributed by atoms with Crippen molar-refractivity contribution >= 4 is 9.68 Å². The minimum absolute atomic E-state index is 0.108. The van der Waals surface area contributed by atoms with Crippen molar-refractivity contribution in [3.8, 4) is 0 Å². The molecule has 0 bridgehead atoms. The van der Waals surface area contributed by atoms with E-state index in [1.807, 2.05) is 0 Å². The summed E-state index contributed by atoms with van der Waals surface area (Å²) >= 11 is 0. The maximum absolute atomic E-state index is 3.56. The molecule has 0 saturated carbocycles. The lowest BCUT2D eigenvalue weighted by Gasteiger charge is -2.05. The Labute approximate surface area is 67.5 Å². The highest BCUT2D eigenvalue weighted by atomic mass is 28.2. The van der Waals surface area contributed by atoms with Crippen LogP contribution in [0.2, 0.25) is 6.04 Å². The summed E-state index contributed by atoms with van der Waals surface area (Å²) in [5.74, 6) is 0.828. The molecule has 0 aliphatic rings. The molecule has 0 saturated heterocycles. The topological polar surface area (TPSA) is 12.0 Å². The Bertz CT molecular complexity index is 64.3. The molecule has 0 amide bonds. The molecule has 10 heavy (non-hydrogen) atoms. The first-order valence-electron chi connectivity index (χ1n) is 4.48. The third kappa shape index (κ3) is 8.18. The summed E-state index contributed by atoms with van der Waals surface area (Å²) in [5.41, 5.74) is 0.